The molecule has 0 amide bonds. The van der Waals surface area contributed by atoms with Gasteiger partial charge < -0.3 is 4.74 Å². The second-order valence-electron chi connectivity index (χ2n) is 9.38. The number of ether oxygens (including phenoxy) is 1. The van der Waals surface area contributed by atoms with Gasteiger partial charge in [0.05, 0.1) is 0 Å². The molecule has 0 N–H and O–H groups in total. The van der Waals surface area contributed by atoms with Gasteiger partial charge in [0.1, 0.15) is 6.10 Å². The van der Waals surface area contributed by atoms with Crippen LogP contribution in [0.4, 0.5) is 0 Å². The molecular formula is C22H30O4. The molecule has 0 spiro atoms. The topological polar surface area (TPSA) is 60.4 Å². The van der Waals surface area contributed by atoms with Gasteiger partial charge >= 0.3 is 5.97 Å². The van der Waals surface area contributed by atoms with Crippen molar-refractivity contribution in [1.82, 2.24) is 0 Å². The van der Waals surface area contributed by atoms with Crippen molar-refractivity contribution in [1.29, 1.82) is 0 Å². The summed E-state index contributed by atoms with van der Waals surface area (Å²) in [7, 11) is 0. The van der Waals surface area contributed by atoms with Gasteiger partial charge in [0.2, 0.25) is 0 Å². The fourth-order valence-corrected chi connectivity index (χ4v) is 5.65. The van der Waals surface area contributed by atoms with Crippen LogP contribution in [0, 0.1) is 22.7 Å². The predicted molar refractivity (Wildman–Crippen MR) is 99.4 cm³/mol. The van der Waals surface area contributed by atoms with Crippen molar-refractivity contribution >= 4 is 17.5 Å². The lowest BCUT2D eigenvalue weighted by atomic mass is 9.48. The van der Waals surface area contributed by atoms with Crippen molar-refractivity contribution in [3.63, 3.8) is 0 Å². The molecule has 3 aliphatic carbocycles. The third-order valence-corrected chi connectivity index (χ3v) is 6.81. The molecule has 0 radical (unpaired) electrons. The predicted octanol–water partition coefficient (Wildman–Crippen LogP) is 4.19. The Morgan fingerprint density at radius 2 is 1.85 bits per heavy atom. The average Bonchev–Trinajstić information content (AvgIpc) is 2.50. The lowest BCUT2D eigenvalue weighted by Crippen LogP contribution is -2.52. The van der Waals surface area contributed by atoms with Gasteiger partial charge in [0.25, 0.3) is 0 Å². The minimum atomic E-state index is -0.614. The van der Waals surface area contributed by atoms with Crippen LogP contribution in [-0.4, -0.2) is 23.6 Å². The summed E-state index contributed by atoms with van der Waals surface area (Å²) in [5.41, 5.74) is 1.30. The summed E-state index contributed by atoms with van der Waals surface area (Å²) in [5.74, 6) is -0.404. The van der Waals surface area contributed by atoms with E-state index >= 15 is 0 Å². The molecule has 142 valence electrons. The molecule has 4 heteroatoms. The number of allylic oxidation sites excluding steroid dienone is 3. The van der Waals surface area contributed by atoms with Gasteiger partial charge in [-0.15, -0.1) is 0 Å². The summed E-state index contributed by atoms with van der Waals surface area (Å²) < 4.78 is 5.60. The zero-order chi connectivity index (χ0) is 19.4. The van der Waals surface area contributed by atoms with E-state index in [0.717, 1.165) is 19.3 Å². The molecule has 3 atom stereocenters. The van der Waals surface area contributed by atoms with E-state index in [9.17, 15) is 14.4 Å². The van der Waals surface area contributed by atoms with Crippen molar-refractivity contribution in [2.24, 2.45) is 22.7 Å². The highest BCUT2D eigenvalue weighted by Crippen LogP contribution is 2.61. The summed E-state index contributed by atoms with van der Waals surface area (Å²) >= 11 is 0. The normalized spacial score (nSPS) is 33.6. The van der Waals surface area contributed by atoms with Crippen molar-refractivity contribution < 1.29 is 19.1 Å². The van der Waals surface area contributed by atoms with Crippen LogP contribution in [0.25, 0.3) is 0 Å². The molecule has 0 aromatic rings. The molecule has 1 saturated carbocycles. The fraction of sp³-hybridized carbons (Fsp3) is 0.682. The largest absolute Gasteiger partial charge is 0.458 e. The fourth-order valence-electron chi connectivity index (χ4n) is 5.65. The average molecular weight is 358 g/mol. The minimum absolute atomic E-state index is 0.0354. The summed E-state index contributed by atoms with van der Waals surface area (Å²) in [6.45, 7) is 11.8. The number of Topliss-reactive ketones (excluding diaryl/α,β-unsaturated/α-hetero) is 1. The van der Waals surface area contributed by atoms with Gasteiger partial charge in [0, 0.05) is 29.1 Å². The summed E-state index contributed by atoms with van der Waals surface area (Å²) in [4.78, 5) is 38.1. The van der Waals surface area contributed by atoms with Crippen LogP contribution in [-0.2, 0) is 19.1 Å². The number of carbonyl (C=O) groups is 3. The van der Waals surface area contributed by atoms with Gasteiger partial charge in [-0.2, -0.15) is 0 Å². The van der Waals surface area contributed by atoms with E-state index in [-0.39, 0.29) is 34.2 Å². The molecular weight excluding hydrogens is 328 g/mol. The van der Waals surface area contributed by atoms with E-state index in [1.165, 1.54) is 13.0 Å². The van der Waals surface area contributed by atoms with Crippen LogP contribution in [0.1, 0.15) is 67.2 Å². The zero-order valence-corrected chi connectivity index (χ0v) is 16.8. The lowest BCUT2D eigenvalue weighted by molar-refractivity contribution is -0.149. The van der Waals surface area contributed by atoms with Gasteiger partial charge in [-0.25, -0.2) is 0 Å². The van der Waals surface area contributed by atoms with Gasteiger partial charge in [-0.05, 0) is 42.6 Å². The standard InChI is InChI=1S/C22H30O4/c1-12(2)14-10-15(24)19-18(20(14)25)16(26-13(3)23)11-17-21(4,5)8-7-9-22(17,19)6/h10,12,16-17H,7-9,11H2,1-6H3/t16-,17+,22+/m1/s1. The van der Waals surface area contributed by atoms with E-state index in [2.05, 4.69) is 20.8 Å². The summed E-state index contributed by atoms with van der Waals surface area (Å²) in [6, 6.07) is 0. The van der Waals surface area contributed by atoms with E-state index < -0.39 is 12.1 Å². The van der Waals surface area contributed by atoms with E-state index in [1.807, 2.05) is 13.8 Å². The number of hydrogen-bond donors (Lipinski definition) is 0. The molecule has 0 aromatic carbocycles. The van der Waals surface area contributed by atoms with Crippen molar-refractivity contribution in [3.8, 4) is 0 Å². The number of esters is 1. The number of fused-ring (bicyclic) bond motifs is 2. The molecule has 0 unspecified atom stereocenters. The van der Waals surface area contributed by atoms with E-state index in [4.69, 9.17) is 4.74 Å². The van der Waals surface area contributed by atoms with Crippen LogP contribution in [0.5, 0.6) is 0 Å². The first-order valence-electron chi connectivity index (χ1n) is 9.71. The lowest BCUT2D eigenvalue weighted by Gasteiger charge is -2.56. The first kappa shape index (κ1) is 19.1. The zero-order valence-electron chi connectivity index (χ0n) is 16.8. The first-order chi connectivity index (χ1) is 12.0. The van der Waals surface area contributed by atoms with E-state index in [0.29, 0.717) is 23.1 Å². The molecule has 0 aromatic heterocycles. The van der Waals surface area contributed by atoms with Crippen LogP contribution in [0.3, 0.4) is 0 Å². The first-order valence-corrected chi connectivity index (χ1v) is 9.71. The maximum absolute atomic E-state index is 13.2. The molecule has 0 aliphatic heterocycles. The highest BCUT2D eigenvalue weighted by atomic mass is 16.5. The Balaban J connectivity index is 2.20. The van der Waals surface area contributed by atoms with Crippen LogP contribution >= 0.6 is 0 Å². The quantitative estimate of drug-likeness (QED) is 0.549. The number of ketones is 2. The Bertz CT molecular complexity index is 737. The summed E-state index contributed by atoms with van der Waals surface area (Å²) in [6.07, 6.45) is 4.56. The van der Waals surface area contributed by atoms with Crippen molar-refractivity contribution in [2.45, 2.75) is 73.3 Å². The molecule has 3 aliphatic rings. The molecule has 4 nitrogen and oxygen atoms in total. The van der Waals surface area contributed by atoms with Gasteiger partial charge in [-0.3, -0.25) is 14.4 Å². The molecule has 3 rings (SSSR count). The van der Waals surface area contributed by atoms with Crippen LogP contribution in [0.2, 0.25) is 0 Å². The Labute approximate surface area is 156 Å². The Kier molecular flexibility index (Phi) is 4.53. The third-order valence-electron chi connectivity index (χ3n) is 6.81. The van der Waals surface area contributed by atoms with Crippen LogP contribution < -0.4 is 0 Å². The van der Waals surface area contributed by atoms with Gasteiger partial charge in [0.15, 0.2) is 11.6 Å². The van der Waals surface area contributed by atoms with Gasteiger partial charge in [-0.1, -0.05) is 41.0 Å². The number of hydrogen-bond acceptors (Lipinski definition) is 4. The molecule has 0 bridgehead atoms. The minimum Gasteiger partial charge on any atom is -0.458 e. The maximum Gasteiger partial charge on any atom is 0.303 e. The number of rotatable bonds is 2. The molecule has 1 fully saturated rings. The SMILES string of the molecule is CC(=O)O[C@@H]1C[C@H]2C(C)(C)CCC[C@]2(C)C2=C1C(=O)C(C(C)C)=CC2=O. The monoisotopic (exact) mass is 358 g/mol. The second kappa shape index (κ2) is 6.17. The number of carbonyl (C=O) groups excluding carboxylic acids is 3. The molecule has 26 heavy (non-hydrogen) atoms. The third kappa shape index (κ3) is 2.78. The highest BCUT2D eigenvalue weighted by molar-refractivity contribution is 6.24. The maximum atomic E-state index is 13.2. The van der Waals surface area contributed by atoms with Crippen LogP contribution in [0.15, 0.2) is 22.8 Å². The Morgan fingerprint density at radius 1 is 1.19 bits per heavy atom. The summed E-state index contributed by atoms with van der Waals surface area (Å²) in [5, 5.41) is 0. The second-order valence-corrected chi connectivity index (χ2v) is 9.38. The molecule has 0 saturated heterocycles. The van der Waals surface area contributed by atoms with Crippen molar-refractivity contribution in [2.75, 3.05) is 0 Å². The smallest absolute Gasteiger partial charge is 0.303 e. The Morgan fingerprint density at radius 3 is 2.42 bits per heavy atom. The van der Waals surface area contributed by atoms with Crippen molar-refractivity contribution in [3.05, 3.63) is 22.8 Å². The Hall–Kier alpha value is -1.71. The highest BCUT2D eigenvalue weighted by Gasteiger charge is 2.57. The van der Waals surface area contributed by atoms with E-state index in [1.54, 1.807) is 0 Å². The molecule has 0 heterocycles.